The molecule has 2 nitrogen and oxygen atoms in total. The molecule has 0 radical (unpaired) electrons. The lowest BCUT2D eigenvalue weighted by molar-refractivity contribution is -0.129. The van der Waals surface area contributed by atoms with E-state index in [-0.39, 0.29) is 11.7 Å². The number of hydrogen-bond donors (Lipinski definition) is 0. The van der Waals surface area contributed by atoms with Crippen LogP contribution in [0.25, 0.3) is 0 Å². The molecule has 0 saturated heterocycles. The molecule has 0 aliphatic heterocycles. The molecule has 6 heteroatoms. The quantitative estimate of drug-likeness (QED) is 0.690. The highest BCUT2D eigenvalue weighted by Crippen LogP contribution is 2.03. The first-order chi connectivity index (χ1) is 6.11. The molecule has 0 aliphatic carbocycles. The Kier molecular flexibility index (Phi) is 7.65. The lowest BCUT2D eigenvalue weighted by Gasteiger charge is -2.20. The van der Waals surface area contributed by atoms with E-state index in [0.29, 0.717) is 11.9 Å². The molecule has 0 atom stereocenters. The average Bonchev–Trinajstić information content (AvgIpc) is 2.03. The van der Waals surface area contributed by atoms with Gasteiger partial charge in [0.05, 0.1) is 12.3 Å². The van der Waals surface area contributed by atoms with Crippen LogP contribution in [0.15, 0.2) is 0 Å². The standard InChI is InChI=1S/C7H12BrF2NOS/c1-13-5-7(12)11(3-2-8)4-6(9)10/h6H,2-5H2,1H3. The molecule has 0 heterocycles. The monoisotopic (exact) mass is 275 g/mol. The van der Waals surface area contributed by atoms with E-state index < -0.39 is 13.0 Å². The Hall–Kier alpha value is 0.160. The van der Waals surface area contributed by atoms with Gasteiger partial charge in [-0.3, -0.25) is 4.79 Å². The highest BCUT2D eigenvalue weighted by Gasteiger charge is 2.16. The maximum atomic E-state index is 12.0. The molecule has 78 valence electrons. The van der Waals surface area contributed by atoms with Gasteiger partial charge in [-0.25, -0.2) is 8.78 Å². The van der Waals surface area contributed by atoms with Crippen molar-refractivity contribution in [2.24, 2.45) is 0 Å². The van der Waals surface area contributed by atoms with Gasteiger partial charge >= 0.3 is 0 Å². The van der Waals surface area contributed by atoms with Crippen LogP contribution in [0, 0.1) is 0 Å². The smallest absolute Gasteiger partial charge is 0.255 e. The van der Waals surface area contributed by atoms with E-state index in [2.05, 4.69) is 15.9 Å². The van der Waals surface area contributed by atoms with Crippen molar-refractivity contribution in [1.29, 1.82) is 0 Å². The third-order valence-electron chi connectivity index (χ3n) is 1.33. The summed E-state index contributed by atoms with van der Waals surface area (Å²) in [7, 11) is 0. The third kappa shape index (κ3) is 6.26. The van der Waals surface area contributed by atoms with Gasteiger partial charge in [0, 0.05) is 11.9 Å². The minimum atomic E-state index is -2.45. The Morgan fingerprint density at radius 3 is 2.62 bits per heavy atom. The van der Waals surface area contributed by atoms with E-state index in [1.54, 1.807) is 6.26 Å². The van der Waals surface area contributed by atoms with Crippen LogP contribution in [-0.4, -0.2) is 47.7 Å². The maximum Gasteiger partial charge on any atom is 0.255 e. The van der Waals surface area contributed by atoms with Gasteiger partial charge in [-0.15, -0.1) is 0 Å². The van der Waals surface area contributed by atoms with Crippen molar-refractivity contribution in [1.82, 2.24) is 4.90 Å². The Labute approximate surface area is 89.2 Å². The van der Waals surface area contributed by atoms with Crippen molar-refractivity contribution in [2.45, 2.75) is 6.43 Å². The van der Waals surface area contributed by atoms with Crippen LogP contribution in [0.4, 0.5) is 8.78 Å². The van der Waals surface area contributed by atoms with Crippen LogP contribution >= 0.6 is 27.7 Å². The van der Waals surface area contributed by atoms with Crippen molar-refractivity contribution in [2.75, 3.05) is 30.4 Å². The summed E-state index contributed by atoms with van der Waals surface area (Å²) < 4.78 is 24.0. The summed E-state index contributed by atoms with van der Waals surface area (Å²) in [6, 6.07) is 0. The fourth-order valence-electron chi connectivity index (χ4n) is 0.801. The molecule has 0 saturated carbocycles. The summed E-state index contributed by atoms with van der Waals surface area (Å²) in [6.07, 6.45) is -0.683. The van der Waals surface area contributed by atoms with Crippen LogP contribution in [-0.2, 0) is 4.79 Å². The second kappa shape index (κ2) is 7.55. The van der Waals surface area contributed by atoms with E-state index in [0.717, 1.165) is 0 Å². The normalized spacial score (nSPS) is 10.5. The maximum absolute atomic E-state index is 12.0. The first-order valence-electron chi connectivity index (χ1n) is 3.72. The molecular weight excluding hydrogens is 264 g/mol. The van der Waals surface area contributed by atoms with E-state index >= 15 is 0 Å². The second-order valence-electron chi connectivity index (χ2n) is 2.35. The van der Waals surface area contributed by atoms with E-state index in [1.165, 1.54) is 16.7 Å². The molecule has 13 heavy (non-hydrogen) atoms. The zero-order chi connectivity index (χ0) is 10.3. The molecule has 0 aliphatic rings. The number of carbonyl (C=O) groups excluding carboxylic acids is 1. The summed E-state index contributed by atoms with van der Waals surface area (Å²) in [5, 5.41) is 0.528. The zero-order valence-corrected chi connectivity index (χ0v) is 9.71. The van der Waals surface area contributed by atoms with Crippen LogP contribution in [0.1, 0.15) is 0 Å². The molecule has 0 bridgehead atoms. The summed E-state index contributed by atoms with van der Waals surface area (Å²) in [6.45, 7) is -0.130. The first kappa shape index (κ1) is 13.2. The number of carbonyl (C=O) groups is 1. The number of nitrogens with zero attached hydrogens (tertiary/aromatic N) is 1. The molecule has 0 spiro atoms. The minimum absolute atomic E-state index is 0.229. The summed E-state index contributed by atoms with van der Waals surface area (Å²) in [4.78, 5) is 12.4. The van der Waals surface area contributed by atoms with Gasteiger partial charge in [-0.05, 0) is 6.26 Å². The van der Waals surface area contributed by atoms with Crippen molar-refractivity contribution in [3.63, 3.8) is 0 Å². The van der Waals surface area contributed by atoms with Crippen molar-refractivity contribution in [3.05, 3.63) is 0 Å². The lowest BCUT2D eigenvalue weighted by atomic mass is 10.4. The van der Waals surface area contributed by atoms with Gasteiger partial charge in [0.15, 0.2) is 0 Å². The van der Waals surface area contributed by atoms with E-state index in [1.807, 2.05) is 0 Å². The van der Waals surface area contributed by atoms with Crippen LogP contribution < -0.4 is 0 Å². The summed E-state index contributed by atoms with van der Waals surface area (Å²) in [5.74, 6) is 0.0342. The van der Waals surface area contributed by atoms with Gasteiger partial charge in [-0.2, -0.15) is 11.8 Å². The minimum Gasteiger partial charge on any atom is -0.335 e. The Balaban J connectivity index is 3.98. The molecule has 0 N–H and O–H groups in total. The molecular formula is C7H12BrF2NOS. The predicted molar refractivity (Wildman–Crippen MR) is 54.8 cm³/mol. The highest BCUT2D eigenvalue weighted by atomic mass is 79.9. The predicted octanol–water partition coefficient (Wildman–Crippen LogP) is 1.84. The fraction of sp³-hybridized carbons (Fsp3) is 0.857. The highest BCUT2D eigenvalue weighted by molar-refractivity contribution is 9.09. The van der Waals surface area contributed by atoms with Gasteiger partial charge in [0.1, 0.15) is 0 Å². The summed E-state index contributed by atoms with van der Waals surface area (Å²) in [5.41, 5.74) is 0. The SMILES string of the molecule is CSCC(=O)N(CCBr)CC(F)F. The number of rotatable bonds is 6. The fourth-order valence-corrected chi connectivity index (χ4v) is 1.66. The van der Waals surface area contributed by atoms with Crippen LogP contribution in [0.5, 0.6) is 0 Å². The van der Waals surface area contributed by atoms with Gasteiger partial charge in [0.25, 0.3) is 6.43 Å². The number of alkyl halides is 3. The molecule has 0 unspecified atom stereocenters. The van der Waals surface area contributed by atoms with Crippen LogP contribution in [0.2, 0.25) is 0 Å². The van der Waals surface area contributed by atoms with Gasteiger partial charge < -0.3 is 4.90 Å². The molecule has 0 aromatic heterocycles. The number of amides is 1. The van der Waals surface area contributed by atoms with Crippen molar-refractivity contribution >= 4 is 33.6 Å². The third-order valence-corrected chi connectivity index (χ3v) is 2.22. The molecule has 0 rings (SSSR count). The molecule has 0 fully saturated rings. The number of hydrogen-bond acceptors (Lipinski definition) is 2. The van der Waals surface area contributed by atoms with Crippen LogP contribution in [0.3, 0.4) is 0 Å². The van der Waals surface area contributed by atoms with E-state index in [4.69, 9.17) is 0 Å². The number of thioether (sulfide) groups is 1. The topological polar surface area (TPSA) is 20.3 Å². The van der Waals surface area contributed by atoms with Crippen molar-refractivity contribution in [3.8, 4) is 0 Å². The van der Waals surface area contributed by atoms with Gasteiger partial charge in [0.2, 0.25) is 5.91 Å². The Morgan fingerprint density at radius 2 is 2.23 bits per heavy atom. The lowest BCUT2D eigenvalue weighted by Crippen LogP contribution is -2.37. The zero-order valence-electron chi connectivity index (χ0n) is 7.30. The Morgan fingerprint density at radius 1 is 1.62 bits per heavy atom. The van der Waals surface area contributed by atoms with E-state index in [9.17, 15) is 13.6 Å². The average molecular weight is 276 g/mol. The van der Waals surface area contributed by atoms with Crippen molar-refractivity contribution < 1.29 is 13.6 Å². The number of halogens is 3. The van der Waals surface area contributed by atoms with Gasteiger partial charge in [-0.1, -0.05) is 15.9 Å². The molecule has 1 amide bonds. The summed E-state index contributed by atoms with van der Waals surface area (Å²) >= 11 is 4.45. The molecule has 0 aromatic carbocycles. The first-order valence-corrected chi connectivity index (χ1v) is 6.24. The largest absolute Gasteiger partial charge is 0.335 e. The Bertz CT molecular complexity index is 159. The second-order valence-corrected chi connectivity index (χ2v) is 4.01. The molecule has 0 aromatic rings.